The standard InChI is InChI=1S/C27H35FN2O3/c1-2-16-29(17-6-9-21-10-12-24(28)13-11-21)20-23-18-25(31)14-15-26(23)30(27(32)33)19-22-7-4-3-5-8-22/h3-5,7-8,10-13,23,26H,2,6,9,14-20H2,1H3,(H,32,33)/t23-,26+/m0/s1. The van der Waals surface area contributed by atoms with Crippen LogP contribution in [-0.2, 0) is 17.8 Å². The van der Waals surface area contributed by atoms with Gasteiger partial charge in [-0.3, -0.25) is 4.79 Å². The third-order valence-corrected chi connectivity index (χ3v) is 6.48. The number of hydrogen-bond acceptors (Lipinski definition) is 3. The number of benzene rings is 2. The van der Waals surface area contributed by atoms with E-state index < -0.39 is 6.09 Å². The van der Waals surface area contributed by atoms with Gasteiger partial charge in [0.2, 0.25) is 0 Å². The van der Waals surface area contributed by atoms with E-state index in [0.717, 1.165) is 43.5 Å². The van der Waals surface area contributed by atoms with Crippen molar-refractivity contribution in [3.05, 3.63) is 71.5 Å². The molecule has 0 aliphatic heterocycles. The zero-order valence-electron chi connectivity index (χ0n) is 19.5. The first-order valence-electron chi connectivity index (χ1n) is 12.0. The summed E-state index contributed by atoms with van der Waals surface area (Å²) in [4.78, 5) is 28.4. The molecule has 5 nitrogen and oxygen atoms in total. The summed E-state index contributed by atoms with van der Waals surface area (Å²) in [6.07, 6.45) is 3.32. The highest BCUT2D eigenvalue weighted by atomic mass is 19.1. The first-order chi connectivity index (χ1) is 16.0. The monoisotopic (exact) mass is 454 g/mol. The molecule has 0 spiro atoms. The molecule has 2 aromatic rings. The summed E-state index contributed by atoms with van der Waals surface area (Å²) in [7, 11) is 0. The average Bonchev–Trinajstić information content (AvgIpc) is 2.80. The highest BCUT2D eigenvalue weighted by Gasteiger charge is 2.36. The summed E-state index contributed by atoms with van der Waals surface area (Å²) in [5.41, 5.74) is 2.07. The summed E-state index contributed by atoms with van der Waals surface area (Å²) in [6.45, 7) is 4.96. The van der Waals surface area contributed by atoms with Gasteiger partial charge in [0, 0.05) is 32.0 Å². The van der Waals surface area contributed by atoms with Crippen molar-refractivity contribution < 1.29 is 19.1 Å². The molecule has 0 unspecified atom stereocenters. The van der Waals surface area contributed by atoms with E-state index in [1.54, 1.807) is 0 Å². The number of carbonyl (C=O) groups excluding carboxylic acids is 1. The number of amides is 1. The van der Waals surface area contributed by atoms with E-state index >= 15 is 0 Å². The van der Waals surface area contributed by atoms with Crippen LogP contribution in [0.4, 0.5) is 9.18 Å². The zero-order chi connectivity index (χ0) is 23.6. The second-order valence-electron chi connectivity index (χ2n) is 9.04. The normalized spacial score (nSPS) is 18.5. The third-order valence-electron chi connectivity index (χ3n) is 6.48. The Balaban J connectivity index is 1.66. The van der Waals surface area contributed by atoms with Crippen molar-refractivity contribution in [2.75, 3.05) is 19.6 Å². The van der Waals surface area contributed by atoms with Gasteiger partial charge in [-0.1, -0.05) is 49.4 Å². The number of carboxylic acid groups (broad SMARTS) is 1. The van der Waals surface area contributed by atoms with Gasteiger partial charge in [-0.2, -0.15) is 0 Å². The van der Waals surface area contributed by atoms with Crippen molar-refractivity contribution in [3.8, 4) is 0 Å². The molecule has 1 aliphatic carbocycles. The molecule has 33 heavy (non-hydrogen) atoms. The Labute approximate surface area is 196 Å². The fourth-order valence-corrected chi connectivity index (χ4v) is 4.88. The number of halogens is 1. The lowest BCUT2D eigenvalue weighted by atomic mass is 9.82. The first-order valence-corrected chi connectivity index (χ1v) is 12.0. The lowest BCUT2D eigenvalue weighted by Gasteiger charge is -2.40. The molecule has 0 aromatic heterocycles. The van der Waals surface area contributed by atoms with E-state index in [4.69, 9.17) is 0 Å². The maximum absolute atomic E-state index is 13.1. The lowest BCUT2D eigenvalue weighted by Crippen LogP contribution is -2.50. The van der Waals surface area contributed by atoms with E-state index in [9.17, 15) is 19.1 Å². The van der Waals surface area contributed by atoms with Crippen LogP contribution in [0.3, 0.4) is 0 Å². The number of hydrogen-bond donors (Lipinski definition) is 1. The molecule has 0 bridgehead atoms. The highest BCUT2D eigenvalue weighted by molar-refractivity contribution is 5.80. The van der Waals surface area contributed by atoms with E-state index in [-0.39, 0.29) is 23.6 Å². The Morgan fingerprint density at radius 2 is 1.79 bits per heavy atom. The van der Waals surface area contributed by atoms with Gasteiger partial charge in [0.25, 0.3) is 0 Å². The van der Waals surface area contributed by atoms with Crippen LogP contribution in [0, 0.1) is 11.7 Å². The minimum atomic E-state index is -0.929. The number of ketones is 1. The third kappa shape index (κ3) is 7.67. The SMILES string of the molecule is CCCN(CCCc1ccc(F)cc1)C[C@@H]1CC(=O)CC[C@H]1N(Cc1ccccc1)C(=O)O. The van der Waals surface area contributed by atoms with Gasteiger partial charge in [-0.15, -0.1) is 0 Å². The maximum atomic E-state index is 13.1. The molecule has 6 heteroatoms. The summed E-state index contributed by atoms with van der Waals surface area (Å²) >= 11 is 0. The van der Waals surface area contributed by atoms with Gasteiger partial charge in [-0.25, -0.2) is 9.18 Å². The Morgan fingerprint density at radius 1 is 1.06 bits per heavy atom. The van der Waals surface area contributed by atoms with Crippen molar-refractivity contribution in [2.45, 2.75) is 58.0 Å². The van der Waals surface area contributed by atoms with Gasteiger partial charge in [0.15, 0.2) is 0 Å². The maximum Gasteiger partial charge on any atom is 0.407 e. The van der Waals surface area contributed by atoms with Gasteiger partial charge in [0.05, 0.1) is 0 Å². The second kappa shape index (κ2) is 12.5. The van der Waals surface area contributed by atoms with Crippen LogP contribution in [0.2, 0.25) is 0 Å². The van der Waals surface area contributed by atoms with Gasteiger partial charge in [0.1, 0.15) is 11.6 Å². The molecule has 178 valence electrons. The van der Waals surface area contributed by atoms with Crippen molar-refractivity contribution >= 4 is 11.9 Å². The topological polar surface area (TPSA) is 60.9 Å². The Morgan fingerprint density at radius 3 is 2.45 bits per heavy atom. The first kappa shape index (κ1) is 24.9. The Bertz CT molecular complexity index is 888. The van der Waals surface area contributed by atoms with Crippen molar-refractivity contribution in [1.82, 2.24) is 9.80 Å². The van der Waals surface area contributed by atoms with E-state index in [2.05, 4.69) is 11.8 Å². The highest BCUT2D eigenvalue weighted by Crippen LogP contribution is 2.29. The fraction of sp³-hybridized carbons (Fsp3) is 0.481. The smallest absolute Gasteiger partial charge is 0.407 e. The molecule has 0 heterocycles. The Hall–Kier alpha value is -2.73. The Kier molecular flexibility index (Phi) is 9.43. The lowest BCUT2D eigenvalue weighted by molar-refractivity contribution is -0.123. The van der Waals surface area contributed by atoms with Crippen LogP contribution in [0.15, 0.2) is 54.6 Å². The number of nitrogens with zero attached hydrogens (tertiary/aromatic N) is 2. The number of Topliss-reactive ketones (excluding diaryl/α,β-unsaturated/α-hetero) is 1. The van der Waals surface area contributed by atoms with Crippen LogP contribution >= 0.6 is 0 Å². The molecule has 1 saturated carbocycles. The molecular formula is C27H35FN2O3. The van der Waals surface area contributed by atoms with Gasteiger partial charge < -0.3 is 14.9 Å². The molecule has 0 saturated heterocycles. The number of rotatable bonds is 11. The van der Waals surface area contributed by atoms with Gasteiger partial charge in [-0.05, 0) is 68.0 Å². The molecular weight excluding hydrogens is 419 g/mol. The molecule has 0 radical (unpaired) electrons. The van der Waals surface area contributed by atoms with E-state index in [1.807, 2.05) is 42.5 Å². The minimum absolute atomic E-state index is 0.0107. The van der Waals surface area contributed by atoms with Crippen LogP contribution in [0.1, 0.15) is 50.2 Å². The molecule has 3 rings (SSSR count). The quantitative estimate of drug-likeness (QED) is 0.495. The zero-order valence-corrected chi connectivity index (χ0v) is 19.5. The van der Waals surface area contributed by atoms with Crippen LogP contribution in [0.5, 0.6) is 0 Å². The average molecular weight is 455 g/mol. The molecule has 2 atom stereocenters. The summed E-state index contributed by atoms with van der Waals surface area (Å²) in [5, 5.41) is 10.00. The second-order valence-corrected chi connectivity index (χ2v) is 9.04. The van der Waals surface area contributed by atoms with Crippen molar-refractivity contribution in [2.24, 2.45) is 5.92 Å². The summed E-state index contributed by atoms with van der Waals surface area (Å²) in [6, 6.07) is 16.1. The number of carbonyl (C=O) groups is 2. The molecule has 1 aliphatic rings. The molecule has 1 amide bonds. The largest absolute Gasteiger partial charge is 0.465 e. The van der Waals surface area contributed by atoms with Gasteiger partial charge >= 0.3 is 6.09 Å². The van der Waals surface area contributed by atoms with Crippen LogP contribution in [0.25, 0.3) is 0 Å². The van der Waals surface area contributed by atoms with Crippen molar-refractivity contribution in [1.29, 1.82) is 0 Å². The number of aryl methyl sites for hydroxylation is 1. The minimum Gasteiger partial charge on any atom is -0.465 e. The predicted molar refractivity (Wildman–Crippen MR) is 128 cm³/mol. The molecule has 2 aromatic carbocycles. The molecule has 1 fully saturated rings. The van der Waals surface area contributed by atoms with Crippen LogP contribution in [-0.4, -0.2) is 52.5 Å². The summed E-state index contributed by atoms with van der Waals surface area (Å²) < 4.78 is 13.1. The van der Waals surface area contributed by atoms with Crippen molar-refractivity contribution in [3.63, 3.8) is 0 Å². The summed E-state index contributed by atoms with van der Waals surface area (Å²) in [5.74, 6) is -0.00894. The van der Waals surface area contributed by atoms with Crippen LogP contribution < -0.4 is 0 Å². The van der Waals surface area contributed by atoms with E-state index in [0.29, 0.717) is 32.4 Å². The predicted octanol–water partition coefficient (Wildman–Crippen LogP) is 5.39. The molecule has 1 N–H and O–H groups in total. The van der Waals surface area contributed by atoms with E-state index in [1.165, 1.54) is 17.0 Å². The fourth-order valence-electron chi connectivity index (χ4n) is 4.88.